The average Bonchev–Trinajstić information content (AvgIpc) is 2.33. The lowest BCUT2D eigenvalue weighted by atomic mass is 9.93. The maximum Gasteiger partial charge on any atom is 0.418 e. The van der Waals surface area contributed by atoms with Gasteiger partial charge >= 0.3 is 6.18 Å². The summed E-state index contributed by atoms with van der Waals surface area (Å²) in [4.78, 5) is 0. The fourth-order valence-corrected chi connectivity index (χ4v) is 2.49. The quantitative estimate of drug-likeness (QED) is 0.861. The van der Waals surface area contributed by atoms with Crippen LogP contribution in [0, 0.1) is 0 Å². The summed E-state index contributed by atoms with van der Waals surface area (Å²) in [6, 6.07) is 3.69. The number of nitrogens with one attached hydrogen (secondary N) is 1. The second-order valence-corrected chi connectivity index (χ2v) is 5.27. The molecule has 0 atom stereocenters. The predicted octanol–water partition coefficient (Wildman–Crippen LogP) is 4.07. The van der Waals surface area contributed by atoms with Gasteiger partial charge in [-0.15, -0.1) is 0 Å². The normalized spacial score (nSPS) is 24.3. The van der Waals surface area contributed by atoms with Gasteiger partial charge in [0.05, 0.1) is 11.7 Å². The molecule has 1 aliphatic rings. The van der Waals surface area contributed by atoms with E-state index in [1.165, 1.54) is 12.1 Å². The topological polar surface area (TPSA) is 32.3 Å². The first-order chi connectivity index (χ1) is 8.86. The van der Waals surface area contributed by atoms with Crippen molar-refractivity contribution in [3.63, 3.8) is 0 Å². The third kappa shape index (κ3) is 3.76. The molecule has 1 fully saturated rings. The summed E-state index contributed by atoms with van der Waals surface area (Å²) in [5.74, 6) is 0. The highest BCUT2D eigenvalue weighted by atomic mass is 35.5. The van der Waals surface area contributed by atoms with E-state index in [1.807, 2.05) is 0 Å². The van der Waals surface area contributed by atoms with Gasteiger partial charge in [-0.1, -0.05) is 11.6 Å². The molecular weight excluding hydrogens is 279 g/mol. The molecule has 1 aromatic carbocycles. The van der Waals surface area contributed by atoms with Crippen LogP contribution in [0.1, 0.15) is 31.2 Å². The lowest BCUT2D eigenvalue weighted by molar-refractivity contribution is -0.137. The van der Waals surface area contributed by atoms with Crippen LogP contribution in [0.25, 0.3) is 0 Å². The van der Waals surface area contributed by atoms with Crippen LogP contribution in [0.3, 0.4) is 0 Å². The van der Waals surface area contributed by atoms with Crippen molar-refractivity contribution in [2.24, 2.45) is 0 Å². The van der Waals surface area contributed by atoms with E-state index in [4.69, 9.17) is 11.6 Å². The molecule has 19 heavy (non-hydrogen) atoms. The minimum atomic E-state index is -4.43. The van der Waals surface area contributed by atoms with Crippen LogP contribution in [0.4, 0.5) is 18.9 Å². The second-order valence-electron chi connectivity index (χ2n) is 4.84. The molecule has 0 bridgehead atoms. The lowest BCUT2D eigenvalue weighted by Crippen LogP contribution is -2.29. The third-order valence-electron chi connectivity index (χ3n) is 3.34. The van der Waals surface area contributed by atoms with Gasteiger partial charge in [-0.2, -0.15) is 13.2 Å². The zero-order valence-corrected chi connectivity index (χ0v) is 10.9. The molecule has 2 N–H and O–H groups in total. The van der Waals surface area contributed by atoms with E-state index >= 15 is 0 Å². The molecule has 1 aliphatic carbocycles. The van der Waals surface area contributed by atoms with Crippen LogP contribution in [0.5, 0.6) is 0 Å². The monoisotopic (exact) mass is 293 g/mol. The Bertz CT molecular complexity index is 442. The molecule has 2 nitrogen and oxygen atoms in total. The fraction of sp³-hybridized carbons (Fsp3) is 0.538. The van der Waals surface area contributed by atoms with Crippen LogP contribution in [0.2, 0.25) is 5.02 Å². The maximum absolute atomic E-state index is 12.9. The van der Waals surface area contributed by atoms with E-state index < -0.39 is 11.7 Å². The number of alkyl halides is 3. The number of hydrogen-bond donors (Lipinski definition) is 2. The highest BCUT2D eigenvalue weighted by molar-refractivity contribution is 6.30. The molecule has 0 heterocycles. The molecule has 106 valence electrons. The Morgan fingerprint density at radius 3 is 2.37 bits per heavy atom. The average molecular weight is 294 g/mol. The van der Waals surface area contributed by atoms with E-state index in [1.54, 1.807) is 0 Å². The molecule has 2 rings (SSSR count). The van der Waals surface area contributed by atoms with Gasteiger partial charge in [0.2, 0.25) is 0 Å². The summed E-state index contributed by atoms with van der Waals surface area (Å²) in [6.07, 6.45) is -2.19. The molecule has 0 radical (unpaired) electrons. The Morgan fingerprint density at radius 2 is 1.79 bits per heavy atom. The van der Waals surface area contributed by atoms with Crippen molar-refractivity contribution in [1.29, 1.82) is 0 Å². The van der Waals surface area contributed by atoms with E-state index in [-0.39, 0.29) is 22.9 Å². The fourth-order valence-electron chi connectivity index (χ4n) is 2.32. The molecule has 0 aliphatic heterocycles. The molecule has 1 aromatic rings. The number of aliphatic hydroxyl groups is 1. The Balaban J connectivity index is 2.16. The van der Waals surface area contributed by atoms with Crippen LogP contribution in [-0.4, -0.2) is 17.3 Å². The number of rotatable bonds is 2. The first-order valence-electron chi connectivity index (χ1n) is 6.17. The zero-order chi connectivity index (χ0) is 14.0. The van der Waals surface area contributed by atoms with Gasteiger partial charge < -0.3 is 10.4 Å². The van der Waals surface area contributed by atoms with Gasteiger partial charge in [-0.3, -0.25) is 0 Å². The van der Waals surface area contributed by atoms with E-state index in [2.05, 4.69) is 5.32 Å². The Labute approximate surface area is 114 Å². The predicted molar refractivity (Wildman–Crippen MR) is 68.3 cm³/mol. The van der Waals surface area contributed by atoms with Crippen LogP contribution in [0.15, 0.2) is 18.2 Å². The SMILES string of the molecule is OC1CCC(Nc2ccc(Cl)cc2C(F)(F)F)CC1. The van der Waals surface area contributed by atoms with Crippen molar-refractivity contribution >= 4 is 17.3 Å². The molecule has 6 heteroatoms. The number of anilines is 1. The smallest absolute Gasteiger partial charge is 0.393 e. The Morgan fingerprint density at radius 1 is 1.16 bits per heavy atom. The number of benzene rings is 1. The van der Waals surface area contributed by atoms with Crippen molar-refractivity contribution in [2.45, 2.75) is 44.0 Å². The molecular formula is C13H15ClF3NO. The van der Waals surface area contributed by atoms with Gasteiger partial charge in [0.25, 0.3) is 0 Å². The number of halogens is 4. The molecule has 0 unspecified atom stereocenters. The van der Waals surface area contributed by atoms with Gasteiger partial charge in [0.15, 0.2) is 0 Å². The van der Waals surface area contributed by atoms with Gasteiger partial charge in [0, 0.05) is 16.8 Å². The van der Waals surface area contributed by atoms with Crippen molar-refractivity contribution in [3.8, 4) is 0 Å². The van der Waals surface area contributed by atoms with Gasteiger partial charge in [0.1, 0.15) is 0 Å². The summed E-state index contributed by atoms with van der Waals surface area (Å²) in [6.45, 7) is 0. The summed E-state index contributed by atoms with van der Waals surface area (Å²) >= 11 is 5.62. The van der Waals surface area contributed by atoms with E-state index in [0.717, 1.165) is 6.07 Å². The van der Waals surface area contributed by atoms with Crippen molar-refractivity contribution in [1.82, 2.24) is 0 Å². The maximum atomic E-state index is 12.9. The highest BCUT2D eigenvalue weighted by Crippen LogP contribution is 2.37. The minimum Gasteiger partial charge on any atom is -0.393 e. The summed E-state index contributed by atoms with van der Waals surface area (Å²) in [5, 5.41) is 12.4. The molecule has 0 amide bonds. The lowest BCUT2D eigenvalue weighted by Gasteiger charge is -2.28. The number of hydrogen-bond acceptors (Lipinski definition) is 2. The summed E-state index contributed by atoms with van der Waals surface area (Å²) in [7, 11) is 0. The Kier molecular flexibility index (Phi) is 4.26. The van der Waals surface area contributed by atoms with E-state index in [9.17, 15) is 18.3 Å². The third-order valence-corrected chi connectivity index (χ3v) is 3.58. The van der Waals surface area contributed by atoms with Crippen LogP contribution >= 0.6 is 11.6 Å². The second kappa shape index (κ2) is 5.59. The minimum absolute atomic E-state index is 0.0364. The highest BCUT2D eigenvalue weighted by Gasteiger charge is 2.34. The first kappa shape index (κ1) is 14.5. The molecule has 0 saturated heterocycles. The molecule has 1 saturated carbocycles. The molecule has 0 spiro atoms. The van der Waals surface area contributed by atoms with Crippen molar-refractivity contribution < 1.29 is 18.3 Å². The summed E-state index contributed by atoms with van der Waals surface area (Å²) < 4.78 is 38.7. The van der Waals surface area contributed by atoms with Gasteiger partial charge in [-0.05, 0) is 43.9 Å². The first-order valence-corrected chi connectivity index (χ1v) is 6.55. The van der Waals surface area contributed by atoms with Crippen LogP contribution in [-0.2, 0) is 6.18 Å². The van der Waals surface area contributed by atoms with Crippen molar-refractivity contribution in [3.05, 3.63) is 28.8 Å². The summed E-state index contributed by atoms with van der Waals surface area (Å²) in [5.41, 5.74) is -0.690. The number of aliphatic hydroxyl groups excluding tert-OH is 1. The largest absolute Gasteiger partial charge is 0.418 e. The Hall–Kier alpha value is -0.940. The van der Waals surface area contributed by atoms with Crippen LogP contribution < -0.4 is 5.32 Å². The van der Waals surface area contributed by atoms with Gasteiger partial charge in [-0.25, -0.2) is 0 Å². The standard InChI is InChI=1S/C13H15ClF3NO/c14-8-1-6-12(11(7-8)13(15,16)17)18-9-2-4-10(19)5-3-9/h1,6-7,9-10,18-19H,2-5H2. The zero-order valence-electron chi connectivity index (χ0n) is 10.2. The van der Waals surface area contributed by atoms with E-state index in [0.29, 0.717) is 25.7 Å². The molecule has 0 aromatic heterocycles. The van der Waals surface area contributed by atoms with Crippen molar-refractivity contribution in [2.75, 3.05) is 5.32 Å².